The van der Waals surface area contributed by atoms with Crippen molar-refractivity contribution in [3.05, 3.63) is 57.6 Å². The van der Waals surface area contributed by atoms with Crippen LogP contribution in [0, 0.1) is 19.8 Å². The van der Waals surface area contributed by atoms with Crippen LogP contribution in [0.15, 0.2) is 40.9 Å². The SMILES string of the molecule is Cc1cccc(C)c1NC(=O)c1cc(Br)ccc1OCCC(C)C. The van der Waals surface area contributed by atoms with Crippen LogP contribution >= 0.6 is 15.9 Å². The van der Waals surface area contributed by atoms with Gasteiger partial charge in [-0.15, -0.1) is 0 Å². The first kappa shape index (κ1) is 18.5. The van der Waals surface area contributed by atoms with Crippen LogP contribution in [0.1, 0.15) is 41.8 Å². The number of aryl methyl sites for hydroxylation is 2. The Morgan fingerprint density at radius 1 is 1.17 bits per heavy atom. The molecule has 0 spiro atoms. The normalized spacial score (nSPS) is 10.8. The Balaban J connectivity index is 2.23. The maximum Gasteiger partial charge on any atom is 0.259 e. The van der Waals surface area contributed by atoms with E-state index in [4.69, 9.17) is 4.74 Å². The van der Waals surface area contributed by atoms with Crippen LogP contribution in [-0.2, 0) is 0 Å². The van der Waals surface area contributed by atoms with Gasteiger partial charge in [-0.1, -0.05) is 48.0 Å². The fourth-order valence-electron chi connectivity index (χ4n) is 2.40. The van der Waals surface area contributed by atoms with Crippen LogP contribution in [0.2, 0.25) is 0 Å². The zero-order valence-electron chi connectivity index (χ0n) is 14.7. The molecular formula is C20H24BrNO2. The Morgan fingerprint density at radius 3 is 2.46 bits per heavy atom. The van der Waals surface area contributed by atoms with Gasteiger partial charge >= 0.3 is 0 Å². The van der Waals surface area contributed by atoms with E-state index in [0.717, 1.165) is 27.7 Å². The molecule has 4 heteroatoms. The summed E-state index contributed by atoms with van der Waals surface area (Å²) >= 11 is 3.43. The molecule has 0 heterocycles. The van der Waals surface area contributed by atoms with Gasteiger partial charge in [0, 0.05) is 10.2 Å². The summed E-state index contributed by atoms with van der Waals surface area (Å²) in [5.74, 6) is 1.02. The number of halogens is 1. The number of para-hydroxylation sites is 1. The molecule has 128 valence electrons. The van der Waals surface area contributed by atoms with Crippen LogP contribution in [0.5, 0.6) is 5.75 Å². The van der Waals surface area contributed by atoms with Crippen LogP contribution in [0.3, 0.4) is 0 Å². The zero-order valence-corrected chi connectivity index (χ0v) is 16.2. The van der Waals surface area contributed by atoms with E-state index in [0.29, 0.717) is 23.8 Å². The first-order chi connectivity index (χ1) is 11.4. The third-order valence-corrected chi connectivity index (χ3v) is 4.35. The largest absolute Gasteiger partial charge is 0.493 e. The van der Waals surface area contributed by atoms with Gasteiger partial charge in [-0.25, -0.2) is 0 Å². The summed E-state index contributed by atoms with van der Waals surface area (Å²) < 4.78 is 6.69. The second kappa shape index (κ2) is 8.34. The maximum atomic E-state index is 12.8. The molecule has 0 atom stereocenters. The molecular weight excluding hydrogens is 366 g/mol. The Labute approximate surface area is 152 Å². The van der Waals surface area contributed by atoms with E-state index >= 15 is 0 Å². The van der Waals surface area contributed by atoms with E-state index in [2.05, 4.69) is 35.1 Å². The number of benzene rings is 2. The number of ether oxygens (including phenoxy) is 1. The van der Waals surface area contributed by atoms with E-state index in [1.165, 1.54) is 0 Å². The molecule has 1 amide bonds. The Morgan fingerprint density at radius 2 is 1.83 bits per heavy atom. The highest BCUT2D eigenvalue weighted by Crippen LogP contribution is 2.26. The lowest BCUT2D eigenvalue weighted by molar-refractivity contribution is 0.102. The third kappa shape index (κ3) is 4.84. The fraction of sp³-hybridized carbons (Fsp3) is 0.350. The summed E-state index contributed by atoms with van der Waals surface area (Å²) in [6, 6.07) is 11.5. The van der Waals surface area contributed by atoms with Crippen molar-refractivity contribution in [1.82, 2.24) is 0 Å². The number of amides is 1. The van der Waals surface area contributed by atoms with Gasteiger partial charge in [0.1, 0.15) is 5.75 Å². The van der Waals surface area contributed by atoms with E-state index in [1.54, 1.807) is 6.07 Å². The molecule has 2 rings (SSSR count). The predicted octanol–water partition coefficient (Wildman–Crippen LogP) is 5.74. The van der Waals surface area contributed by atoms with Crippen molar-refractivity contribution < 1.29 is 9.53 Å². The summed E-state index contributed by atoms with van der Waals surface area (Å²) in [6.07, 6.45) is 0.952. The molecule has 0 radical (unpaired) electrons. The molecule has 2 aromatic rings. The summed E-state index contributed by atoms with van der Waals surface area (Å²) in [5, 5.41) is 3.02. The van der Waals surface area contributed by atoms with Gasteiger partial charge in [-0.3, -0.25) is 4.79 Å². The average Bonchev–Trinajstić information content (AvgIpc) is 2.52. The standard InChI is InChI=1S/C20H24BrNO2/c1-13(2)10-11-24-18-9-8-16(21)12-17(18)20(23)22-19-14(3)6-5-7-15(19)4/h5-9,12-13H,10-11H2,1-4H3,(H,22,23). The van der Waals surface area contributed by atoms with Crippen LogP contribution in [-0.4, -0.2) is 12.5 Å². The van der Waals surface area contributed by atoms with Crippen molar-refractivity contribution in [2.45, 2.75) is 34.1 Å². The molecule has 1 N–H and O–H groups in total. The van der Waals surface area contributed by atoms with Gasteiger partial charge in [0.15, 0.2) is 0 Å². The van der Waals surface area contributed by atoms with Crippen LogP contribution < -0.4 is 10.1 Å². The van der Waals surface area contributed by atoms with Crippen molar-refractivity contribution >= 4 is 27.5 Å². The number of hydrogen-bond donors (Lipinski definition) is 1. The summed E-state index contributed by atoms with van der Waals surface area (Å²) in [6.45, 7) is 8.88. The second-order valence-corrected chi connectivity index (χ2v) is 7.31. The minimum absolute atomic E-state index is 0.159. The summed E-state index contributed by atoms with van der Waals surface area (Å²) in [5.41, 5.74) is 3.48. The van der Waals surface area contributed by atoms with Crippen molar-refractivity contribution in [2.24, 2.45) is 5.92 Å². The lowest BCUT2D eigenvalue weighted by atomic mass is 10.1. The van der Waals surface area contributed by atoms with Crippen LogP contribution in [0.25, 0.3) is 0 Å². The minimum atomic E-state index is -0.159. The number of nitrogens with one attached hydrogen (secondary N) is 1. The summed E-state index contributed by atoms with van der Waals surface area (Å²) in [7, 11) is 0. The van der Waals surface area contributed by atoms with E-state index in [9.17, 15) is 4.79 Å². The highest BCUT2D eigenvalue weighted by atomic mass is 79.9. The quantitative estimate of drug-likeness (QED) is 0.683. The first-order valence-electron chi connectivity index (χ1n) is 8.18. The van der Waals surface area contributed by atoms with E-state index in [1.807, 2.05) is 44.2 Å². The first-order valence-corrected chi connectivity index (χ1v) is 8.97. The Bertz CT molecular complexity index is 705. The van der Waals surface area contributed by atoms with Crippen molar-refractivity contribution in [3.63, 3.8) is 0 Å². The molecule has 0 saturated carbocycles. The van der Waals surface area contributed by atoms with Gasteiger partial charge in [0.25, 0.3) is 5.91 Å². The highest BCUT2D eigenvalue weighted by molar-refractivity contribution is 9.10. The van der Waals surface area contributed by atoms with Crippen molar-refractivity contribution in [2.75, 3.05) is 11.9 Å². The smallest absolute Gasteiger partial charge is 0.259 e. The highest BCUT2D eigenvalue weighted by Gasteiger charge is 2.15. The maximum absolute atomic E-state index is 12.8. The number of hydrogen-bond acceptors (Lipinski definition) is 2. The molecule has 0 unspecified atom stereocenters. The fourth-order valence-corrected chi connectivity index (χ4v) is 2.76. The lowest BCUT2D eigenvalue weighted by Crippen LogP contribution is -2.16. The molecule has 0 aliphatic rings. The van der Waals surface area contributed by atoms with E-state index in [-0.39, 0.29) is 5.91 Å². The topological polar surface area (TPSA) is 38.3 Å². The number of rotatable bonds is 6. The molecule has 3 nitrogen and oxygen atoms in total. The monoisotopic (exact) mass is 389 g/mol. The molecule has 0 aliphatic carbocycles. The molecule has 0 aromatic heterocycles. The Kier molecular flexibility index (Phi) is 6.44. The lowest BCUT2D eigenvalue weighted by Gasteiger charge is -2.15. The summed E-state index contributed by atoms with van der Waals surface area (Å²) in [4.78, 5) is 12.8. The molecule has 24 heavy (non-hydrogen) atoms. The molecule has 2 aromatic carbocycles. The van der Waals surface area contributed by atoms with Crippen molar-refractivity contribution in [1.29, 1.82) is 0 Å². The van der Waals surface area contributed by atoms with Gasteiger partial charge in [0.2, 0.25) is 0 Å². The zero-order chi connectivity index (χ0) is 17.7. The van der Waals surface area contributed by atoms with Gasteiger partial charge < -0.3 is 10.1 Å². The van der Waals surface area contributed by atoms with Gasteiger partial charge in [-0.05, 0) is 55.5 Å². The number of carbonyl (C=O) groups is 1. The third-order valence-electron chi connectivity index (χ3n) is 3.86. The molecule has 0 bridgehead atoms. The molecule has 0 aliphatic heterocycles. The predicted molar refractivity (Wildman–Crippen MR) is 103 cm³/mol. The molecule has 0 saturated heterocycles. The number of anilines is 1. The van der Waals surface area contributed by atoms with Gasteiger partial charge in [-0.2, -0.15) is 0 Å². The Hall–Kier alpha value is -1.81. The second-order valence-electron chi connectivity index (χ2n) is 6.39. The molecule has 0 fully saturated rings. The van der Waals surface area contributed by atoms with E-state index < -0.39 is 0 Å². The van der Waals surface area contributed by atoms with Crippen molar-refractivity contribution in [3.8, 4) is 5.75 Å². The number of carbonyl (C=O) groups excluding carboxylic acids is 1. The minimum Gasteiger partial charge on any atom is -0.493 e. The average molecular weight is 390 g/mol. The van der Waals surface area contributed by atoms with Crippen LogP contribution in [0.4, 0.5) is 5.69 Å². The van der Waals surface area contributed by atoms with Gasteiger partial charge in [0.05, 0.1) is 12.2 Å².